The van der Waals surface area contributed by atoms with E-state index >= 15 is 0 Å². The summed E-state index contributed by atoms with van der Waals surface area (Å²) in [5, 5.41) is 18.7. The third-order valence-electron chi connectivity index (χ3n) is 3.18. The molecule has 18 heavy (non-hydrogen) atoms. The maximum absolute atomic E-state index is 10.1. The van der Waals surface area contributed by atoms with E-state index in [0.29, 0.717) is 18.2 Å². The van der Waals surface area contributed by atoms with Gasteiger partial charge < -0.3 is 5.11 Å². The van der Waals surface area contributed by atoms with Gasteiger partial charge in [0.05, 0.1) is 11.4 Å². The molecule has 0 amide bonds. The summed E-state index contributed by atoms with van der Waals surface area (Å²) < 4.78 is 3.64. The molecule has 2 unspecified atom stereocenters. The molecule has 2 rings (SSSR count). The molecule has 2 heterocycles. The molecule has 2 atom stereocenters. The number of nitrogens with zero attached hydrogens (tertiary/aromatic N) is 4. The summed E-state index contributed by atoms with van der Waals surface area (Å²) in [4.78, 5) is 0. The Kier molecular flexibility index (Phi) is 3.81. The summed E-state index contributed by atoms with van der Waals surface area (Å²) in [5.41, 5.74) is 1.59. The van der Waals surface area contributed by atoms with E-state index in [9.17, 15) is 5.11 Å². The molecule has 0 radical (unpaired) electrons. The zero-order chi connectivity index (χ0) is 13.1. The van der Waals surface area contributed by atoms with Crippen LogP contribution in [0.5, 0.6) is 0 Å². The Morgan fingerprint density at radius 1 is 1.28 bits per heavy atom. The van der Waals surface area contributed by atoms with Crippen LogP contribution in [0, 0.1) is 0 Å². The van der Waals surface area contributed by atoms with Crippen LogP contribution in [-0.2, 0) is 13.5 Å². The van der Waals surface area contributed by atoms with Crippen molar-refractivity contribution in [2.24, 2.45) is 7.05 Å². The van der Waals surface area contributed by atoms with E-state index in [2.05, 4.69) is 24.0 Å². The third kappa shape index (κ3) is 2.79. The number of hydrogen-bond donors (Lipinski definition) is 1. The van der Waals surface area contributed by atoms with Crippen molar-refractivity contribution in [3.05, 3.63) is 35.9 Å². The SMILES string of the molecule is CCC(C)n1ccc(CC(O)c2ccn(C)n2)n1. The molecule has 2 aromatic heterocycles. The molecule has 0 aromatic carbocycles. The first-order chi connectivity index (χ1) is 8.60. The van der Waals surface area contributed by atoms with Gasteiger partial charge in [0, 0.05) is 31.9 Å². The van der Waals surface area contributed by atoms with Gasteiger partial charge in [0.15, 0.2) is 0 Å². The largest absolute Gasteiger partial charge is 0.386 e. The summed E-state index contributed by atoms with van der Waals surface area (Å²) in [6, 6.07) is 4.18. The maximum atomic E-state index is 10.1. The summed E-state index contributed by atoms with van der Waals surface area (Å²) in [6.45, 7) is 4.26. The molecule has 0 aliphatic rings. The van der Waals surface area contributed by atoms with Gasteiger partial charge in [-0.25, -0.2) is 0 Å². The van der Waals surface area contributed by atoms with Crippen molar-refractivity contribution < 1.29 is 5.11 Å². The van der Waals surface area contributed by atoms with Crippen LogP contribution in [0.15, 0.2) is 24.5 Å². The van der Waals surface area contributed by atoms with E-state index in [1.807, 2.05) is 36.3 Å². The second-order valence-corrected chi connectivity index (χ2v) is 4.68. The van der Waals surface area contributed by atoms with Crippen molar-refractivity contribution >= 4 is 0 Å². The highest BCUT2D eigenvalue weighted by atomic mass is 16.3. The summed E-state index contributed by atoms with van der Waals surface area (Å²) in [6.07, 6.45) is 4.75. The molecular formula is C13H20N4O. The molecule has 5 heteroatoms. The lowest BCUT2D eigenvalue weighted by molar-refractivity contribution is 0.171. The van der Waals surface area contributed by atoms with Gasteiger partial charge in [0.1, 0.15) is 6.10 Å². The minimum absolute atomic E-state index is 0.394. The van der Waals surface area contributed by atoms with Crippen LogP contribution in [0.4, 0.5) is 0 Å². The first kappa shape index (κ1) is 12.8. The fraction of sp³-hybridized carbons (Fsp3) is 0.538. The molecule has 0 saturated heterocycles. The number of aliphatic hydroxyl groups excluding tert-OH is 1. The van der Waals surface area contributed by atoms with Gasteiger partial charge in [-0.15, -0.1) is 0 Å². The van der Waals surface area contributed by atoms with Gasteiger partial charge in [0.25, 0.3) is 0 Å². The quantitative estimate of drug-likeness (QED) is 0.878. The van der Waals surface area contributed by atoms with Gasteiger partial charge in [-0.3, -0.25) is 9.36 Å². The van der Waals surface area contributed by atoms with Crippen LogP contribution < -0.4 is 0 Å². The maximum Gasteiger partial charge on any atom is 0.103 e. The second-order valence-electron chi connectivity index (χ2n) is 4.68. The number of hydrogen-bond acceptors (Lipinski definition) is 3. The smallest absolute Gasteiger partial charge is 0.103 e. The highest BCUT2D eigenvalue weighted by molar-refractivity contribution is 5.09. The minimum Gasteiger partial charge on any atom is -0.386 e. The fourth-order valence-corrected chi connectivity index (χ4v) is 1.83. The molecule has 5 nitrogen and oxygen atoms in total. The van der Waals surface area contributed by atoms with E-state index in [4.69, 9.17) is 0 Å². The van der Waals surface area contributed by atoms with E-state index < -0.39 is 6.10 Å². The van der Waals surface area contributed by atoms with Crippen LogP contribution >= 0.6 is 0 Å². The number of aromatic nitrogens is 4. The van der Waals surface area contributed by atoms with E-state index in [1.54, 1.807) is 4.68 Å². The lowest BCUT2D eigenvalue weighted by atomic mass is 10.1. The molecule has 98 valence electrons. The number of rotatable bonds is 5. The predicted molar refractivity (Wildman–Crippen MR) is 69.1 cm³/mol. The standard InChI is InChI=1S/C13H20N4O/c1-4-10(2)17-8-5-11(14-17)9-13(18)12-6-7-16(3)15-12/h5-8,10,13,18H,4,9H2,1-3H3. The van der Waals surface area contributed by atoms with Crippen molar-refractivity contribution in [3.8, 4) is 0 Å². The predicted octanol–water partition coefficient (Wildman–Crippen LogP) is 1.86. The summed E-state index contributed by atoms with van der Waals surface area (Å²) in [7, 11) is 1.84. The lowest BCUT2D eigenvalue weighted by Gasteiger charge is -2.09. The van der Waals surface area contributed by atoms with Gasteiger partial charge in [-0.2, -0.15) is 10.2 Å². The van der Waals surface area contributed by atoms with Crippen molar-refractivity contribution in [2.75, 3.05) is 0 Å². The van der Waals surface area contributed by atoms with E-state index in [0.717, 1.165) is 12.1 Å². The topological polar surface area (TPSA) is 55.9 Å². The molecule has 0 fully saturated rings. The van der Waals surface area contributed by atoms with E-state index in [1.165, 1.54) is 0 Å². The third-order valence-corrected chi connectivity index (χ3v) is 3.18. The monoisotopic (exact) mass is 248 g/mol. The highest BCUT2D eigenvalue weighted by Crippen LogP contribution is 2.16. The Hall–Kier alpha value is -1.62. The van der Waals surface area contributed by atoms with Crippen LogP contribution in [0.3, 0.4) is 0 Å². The van der Waals surface area contributed by atoms with Gasteiger partial charge in [-0.05, 0) is 25.5 Å². The normalized spacial score (nSPS) is 14.7. The summed E-state index contributed by atoms with van der Waals surface area (Å²) >= 11 is 0. The molecule has 0 saturated carbocycles. The van der Waals surface area contributed by atoms with Gasteiger partial charge >= 0.3 is 0 Å². The van der Waals surface area contributed by atoms with E-state index in [-0.39, 0.29) is 0 Å². The van der Waals surface area contributed by atoms with Gasteiger partial charge in [0.2, 0.25) is 0 Å². The lowest BCUT2D eigenvalue weighted by Crippen LogP contribution is -2.07. The van der Waals surface area contributed by atoms with Crippen LogP contribution in [0.2, 0.25) is 0 Å². The molecule has 1 N–H and O–H groups in total. The van der Waals surface area contributed by atoms with Crippen molar-refractivity contribution in [1.82, 2.24) is 19.6 Å². The zero-order valence-electron chi connectivity index (χ0n) is 11.1. The average Bonchev–Trinajstić information content (AvgIpc) is 2.97. The molecule has 0 bridgehead atoms. The van der Waals surface area contributed by atoms with Crippen LogP contribution in [0.25, 0.3) is 0 Å². The van der Waals surface area contributed by atoms with Crippen molar-refractivity contribution in [1.29, 1.82) is 0 Å². The van der Waals surface area contributed by atoms with Gasteiger partial charge in [-0.1, -0.05) is 6.92 Å². The highest BCUT2D eigenvalue weighted by Gasteiger charge is 2.13. The van der Waals surface area contributed by atoms with Crippen molar-refractivity contribution in [2.45, 2.75) is 38.8 Å². The Morgan fingerprint density at radius 3 is 2.67 bits per heavy atom. The molecular weight excluding hydrogens is 228 g/mol. The first-order valence-corrected chi connectivity index (χ1v) is 6.31. The number of aliphatic hydroxyl groups is 1. The first-order valence-electron chi connectivity index (χ1n) is 6.31. The Bertz CT molecular complexity index is 503. The average molecular weight is 248 g/mol. The molecule has 0 aliphatic heterocycles. The Morgan fingerprint density at radius 2 is 2.06 bits per heavy atom. The van der Waals surface area contributed by atoms with Crippen LogP contribution in [0.1, 0.15) is 43.8 Å². The zero-order valence-corrected chi connectivity index (χ0v) is 11.1. The number of aryl methyl sites for hydroxylation is 1. The van der Waals surface area contributed by atoms with Crippen molar-refractivity contribution in [3.63, 3.8) is 0 Å². The molecule has 0 spiro atoms. The Balaban J connectivity index is 2.03. The minimum atomic E-state index is -0.591. The molecule has 2 aromatic rings. The fourth-order valence-electron chi connectivity index (χ4n) is 1.83. The van der Waals surface area contributed by atoms with Crippen LogP contribution in [-0.4, -0.2) is 24.7 Å². The molecule has 0 aliphatic carbocycles. The summed E-state index contributed by atoms with van der Waals surface area (Å²) in [5.74, 6) is 0. The second kappa shape index (κ2) is 5.35. The Labute approximate surface area is 107 Å².